The van der Waals surface area contributed by atoms with Crippen LogP contribution in [0.1, 0.15) is 5.56 Å². The van der Waals surface area contributed by atoms with Gasteiger partial charge in [-0.1, -0.05) is 12.1 Å². The molecule has 0 fully saturated rings. The highest BCUT2D eigenvalue weighted by Crippen LogP contribution is 2.30. The minimum atomic E-state index is -0.472. The largest absolute Gasteiger partial charge is 0.463 e. The van der Waals surface area contributed by atoms with Gasteiger partial charge in [0.2, 0.25) is 0 Å². The van der Waals surface area contributed by atoms with E-state index in [9.17, 15) is 8.78 Å². The molecular formula is C20H14F2N2O3. The summed E-state index contributed by atoms with van der Waals surface area (Å²) >= 11 is 0. The van der Waals surface area contributed by atoms with Crippen molar-refractivity contribution < 1.29 is 23.3 Å². The number of nitrogens with zero attached hydrogens (tertiary/aromatic N) is 2. The lowest BCUT2D eigenvalue weighted by Gasteiger charge is -2.10. The van der Waals surface area contributed by atoms with Gasteiger partial charge in [0.1, 0.15) is 23.9 Å². The standard InChI is InChI=1S/C20H14F2N2O3/c21-15-5-3-13(4-6-15)17-8-7-16(10-18(17)22)24-20(19-2-1-9-26-19)14(11-23-24)12-27-25/h1-11,25H,12H2. The highest BCUT2D eigenvalue weighted by molar-refractivity contribution is 5.67. The summed E-state index contributed by atoms with van der Waals surface area (Å²) in [6, 6.07) is 13.7. The van der Waals surface area contributed by atoms with Crippen LogP contribution in [0.4, 0.5) is 8.78 Å². The van der Waals surface area contributed by atoms with Crippen molar-refractivity contribution in [2.75, 3.05) is 0 Å². The molecule has 4 aromatic rings. The van der Waals surface area contributed by atoms with Gasteiger partial charge < -0.3 is 4.42 Å². The first-order chi connectivity index (χ1) is 13.2. The first-order valence-electron chi connectivity index (χ1n) is 8.10. The highest BCUT2D eigenvalue weighted by Gasteiger charge is 2.18. The molecule has 0 aliphatic rings. The lowest BCUT2D eigenvalue weighted by atomic mass is 10.0. The molecule has 5 nitrogen and oxygen atoms in total. The van der Waals surface area contributed by atoms with Crippen molar-refractivity contribution in [3.8, 4) is 28.3 Å². The zero-order valence-electron chi connectivity index (χ0n) is 14.0. The Labute approximate surface area is 153 Å². The number of halogens is 2. The van der Waals surface area contributed by atoms with Gasteiger partial charge in [-0.15, -0.1) is 0 Å². The maximum Gasteiger partial charge on any atom is 0.152 e. The molecule has 0 atom stereocenters. The third-order valence-electron chi connectivity index (χ3n) is 4.17. The maximum absolute atomic E-state index is 14.7. The van der Waals surface area contributed by atoms with Crippen LogP contribution in [-0.2, 0) is 11.5 Å². The van der Waals surface area contributed by atoms with E-state index in [4.69, 9.17) is 9.67 Å². The Kier molecular flexibility index (Phi) is 4.53. The van der Waals surface area contributed by atoms with E-state index in [-0.39, 0.29) is 12.4 Å². The van der Waals surface area contributed by atoms with E-state index >= 15 is 0 Å². The van der Waals surface area contributed by atoms with E-state index in [1.54, 1.807) is 24.3 Å². The Bertz CT molecular complexity index is 1060. The predicted octanol–water partition coefficient (Wildman–Crippen LogP) is 5.07. The summed E-state index contributed by atoms with van der Waals surface area (Å²) < 4.78 is 34.8. The normalized spacial score (nSPS) is 11.1. The molecule has 0 bridgehead atoms. The van der Waals surface area contributed by atoms with Gasteiger partial charge in [0, 0.05) is 17.2 Å². The predicted molar refractivity (Wildman–Crippen MR) is 94.0 cm³/mol. The third-order valence-corrected chi connectivity index (χ3v) is 4.17. The maximum atomic E-state index is 14.7. The van der Waals surface area contributed by atoms with Crippen LogP contribution in [0.5, 0.6) is 0 Å². The van der Waals surface area contributed by atoms with Gasteiger partial charge in [0.05, 0.1) is 18.1 Å². The quantitative estimate of drug-likeness (QED) is 0.395. The van der Waals surface area contributed by atoms with E-state index in [0.29, 0.717) is 33.8 Å². The Morgan fingerprint density at radius 1 is 1.07 bits per heavy atom. The summed E-state index contributed by atoms with van der Waals surface area (Å²) in [4.78, 5) is 4.23. The summed E-state index contributed by atoms with van der Waals surface area (Å²) in [5, 5.41) is 13.1. The first-order valence-corrected chi connectivity index (χ1v) is 8.10. The van der Waals surface area contributed by atoms with Gasteiger partial charge in [-0.25, -0.2) is 18.4 Å². The number of benzene rings is 2. The molecule has 0 amide bonds. The van der Waals surface area contributed by atoms with E-state index in [1.807, 2.05) is 0 Å². The summed E-state index contributed by atoms with van der Waals surface area (Å²) in [5.41, 5.74) is 2.51. The summed E-state index contributed by atoms with van der Waals surface area (Å²) in [7, 11) is 0. The molecule has 136 valence electrons. The average molecular weight is 368 g/mol. The van der Waals surface area contributed by atoms with Gasteiger partial charge in [0.25, 0.3) is 0 Å². The van der Waals surface area contributed by atoms with E-state index < -0.39 is 5.82 Å². The Balaban J connectivity index is 1.78. The number of hydrogen-bond acceptors (Lipinski definition) is 4. The number of furan rings is 1. The number of aromatic nitrogens is 2. The van der Waals surface area contributed by atoms with E-state index in [0.717, 1.165) is 0 Å². The van der Waals surface area contributed by atoms with Crippen LogP contribution < -0.4 is 0 Å². The van der Waals surface area contributed by atoms with Crippen molar-refractivity contribution >= 4 is 0 Å². The fourth-order valence-corrected chi connectivity index (χ4v) is 2.93. The Morgan fingerprint density at radius 3 is 2.56 bits per heavy atom. The van der Waals surface area contributed by atoms with Crippen LogP contribution >= 0.6 is 0 Å². The molecule has 2 aromatic carbocycles. The molecule has 0 saturated heterocycles. The monoisotopic (exact) mass is 368 g/mol. The first kappa shape index (κ1) is 17.1. The molecule has 1 N–H and O–H groups in total. The zero-order valence-corrected chi connectivity index (χ0v) is 14.0. The molecule has 2 heterocycles. The van der Waals surface area contributed by atoms with E-state index in [1.165, 1.54) is 47.5 Å². The fourth-order valence-electron chi connectivity index (χ4n) is 2.93. The van der Waals surface area contributed by atoms with Crippen molar-refractivity contribution in [3.05, 3.63) is 84.3 Å². The topological polar surface area (TPSA) is 60.4 Å². The lowest BCUT2D eigenvalue weighted by Crippen LogP contribution is -2.01. The molecule has 0 radical (unpaired) electrons. The minimum absolute atomic E-state index is 0.0911. The molecule has 0 saturated carbocycles. The second kappa shape index (κ2) is 7.14. The lowest BCUT2D eigenvalue weighted by molar-refractivity contribution is -0.252. The molecule has 0 aliphatic heterocycles. The van der Waals surface area contributed by atoms with Crippen LogP contribution in [0.15, 0.2) is 71.5 Å². The van der Waals surface area contributed by atoms with Crippen LogP contribution in [-0.4, -0.2) is 15.0 Å². The van der Waals surface area contributed by atoms with Crippen LogP contribution in [0, 0.1) is 11.6 Å². The van der Waals surface area contributed by atoms with Crippen LogP contribution in [0.3, 0.4) is 0 Å². The molecule has 0 spiro atoms. The minimum Gasteiger partial charge on any atom is -0.463 e. The summed E-state index contributed by atoms with van der Waals surface area (Å²) in [5.74, 6) is -0.350. The summed E-state index contributed by atoms with van der Waals surface area (Å²) in [6.45, 7) is -0.0911. The van der Waals surface area contributed by atoms with Crippen molar-refractivity contribution in [2.45, 2.75) is 6.61 Å². The van der Waals surface area contributed by atoms with Gasteiger partial charge >= 0.3 is 0 Å². The van der Waals surface area contributed by atoms with Crippen LogP contribution in [0.2, 0.25) is 0 Å². The Morgan fingerprint density at radius 2 is 1.89 bits per heavy atom. The third kappa shape index (κ3) is 3.25. The number of rotatable bonds is 5. The van der Waals surface area contributed by atoms with Crippen molar-refractivity contribution in [1.29, 1.82) is 0 Å². The zero-order chi connectivity index (χ0) is 18.8. The second-order valence-corrected chi connectivity index (χ2v) is 5.85. The average Bonchev–Trinajstić information content (AvgIpc) is 3.32. The van der Waals surface area contributed by atoms with Gasteiger partial charge in [-0.2, -0.15) is 5.10 Å². The van der Waals surface area contributed by atoms with Crippen molar-refractivity contribution in [2.24, 2.45) is 0 Å². The second-order valence-electron chi connectivity index (χ2n) is 5.85. The number of hydrogen-bond donors (Lipinski definition) is 1. The highest BCUT2D eigenvalue weighted by atomic mass is 19.1. The van der Waals surface area contributed by atoms with Gasteiger partial charge in [0.15, 0.2) is 5.76 Å². The fraction of sp³-hybridized carbons (Fsp3) is 0.0500. The molecule has 4 rings (SSSR count). The Hall–Kier alpha value is -3.29. The smallest absolute Gasteiger partial charge is 0.152 e. The van der Waals surface area contributed by atoms with E-state index in [2.05, 4.69) is 9.99 Å². The van der Waals surface area contributed by atoms with Crippen LogP contribution in [0.25, 0.3) is 28.3 Å². The van der Waals surface area contributed by atoms with Crippen molar-refractivity contribution in [3.63, 3.8) is 0 Å². The summed E-state index contributed by atoms with van der Waals surface area (Å²) in [6.07, 6.45) is 3.02. The molecule has 0 aliphatic carbocycles. The van der Waals surface area contributed by atoms with Gasteiger partial charge in [-0.05, 0) is 42.0 Å². The molecular weight excluding hydrogens is 354 g/mol. The molecule has 2 aromatic heterocycles. The molecule has 0 unspecified atom stereocenters. The SMILES string of the molecule is OOCc1cnn(-c2ccc(-c3ccc(F)cc3)c(F)c2)c1-c1ccco1. The molecule has 27 heavy (non-hydrogen) atoms. The van der Waals surface area contributed by atoms with Gasteiger partial charge in [-0.3, -0.25) is 5.26 Å². The molecule has 7 heteroatoms. The van der Waals surface area contributed by atoms with Crippen molar-refractivity contribution in [1.82, 2.24) is 9.78 Å².